The van der Waals surface area contributed by atoms with Crippen LogP contribution in [0.2, 0.25) is 0 Å². The van der Waals surface area contributed by atoms with Crippen molar-refractivity contribution in [2.75, 3.05) is 26.2 Å². The lowest BCUT2D eigenvalue weighted by Crippen LogP contribution is -2.39. The van der Waals surface area contributed by atoms with Crippen LogP contribution in [0.1, 0.15) is 25.7 Å². The number of nitrogens with zero attached hydrogens (tertiary/aromatic N) is 1. The summed E-state index contributed by atoms with van der Waals surface area (Å²) in [6.45, 7) is 2.38. The van der Waals surface area contributed by atoms with Gasteiger partial charge >= 0.3 is 0 Å². The highest BCUT2D eigenvalue weighted by Gasteiger charge is 2.21. The van der Waals surface area contributed by atoms with Crippen molar-refractivity contribution in [3.8, 4) is 0 Å². The number of likely N-dealkylation sites (tertiary alicyclic amines) is 1. The van der Waals surface area contributed by atoms with Crippen molar-refractivity contribution in [1.82, 2.24) is 4.90 Å². The second-order valence-electron chi connectivity index (χ2n) is 3.88. The summed E-state index contributed by atoms with van der Waals surface area (Å²) in [6, 6.07) is 0. The van der Waals surface area contributed by atoms with Crippen LogP contribution in [0.3, 0.4) is 0 Å². The van der Waals surface area contributed by atoms with E-state index in [9.17, 15) is 4.79 Å². The van der Waals surface area contributed by atoms with Gasteiger partial charge in [-0.15, -0.1) is 0 Å². The van der Waals surface area contributed by atoms with E-state index < -0.39 is 0 Å². The third kappa shape index (κ3) is 3.27. The molecule has 0 aromatic rings. The molecule has 82 valence electrons. The van der Waals surface area contributed by atoms with Crippen molar-refractivity contribution >= 4 is 5.91 Å². The summed E-state index contributed by atoms with van der Waals surface area (Å²) in [7, 11) is 0. The van der Waals surface area contributed by atoms with E-state index in [1.54, 1.807) is 0 Å². The summed E-state index contributed by atoms with van der Waals surface area (Å²) in [5.41, 5.74) is 5.33. The van der Waals surface area contributed by atoms with Gasteiger partial charge in [-0.05, 0) is 25.2 Å². The molecule has 1 aliphatic heterocycles. The molecule has 0 radical (unpaired) electrons. The molecule has 1 rings (SSSR count). The summed E-state index contributed by atoms with van der Waals surface area (Å²) >= 11 is 0. The number of hydrogen-bond donors (Lipinski definition) is 2. The molecule has 0 unspecified atom stereocenters. The summed E-state index contributed by atoms with van der Waals surface area (Å²) < 4.78 is 0. The molecular weight excluding hydrogens is 180 g/mol. The van der Waals surface area contributed by atoms with Gasteiger partial charge in [0.2, 0.25) is 5.91 Å². The maximum Gasteiger partial charge on any atom is 0.223 e. The Bertz CT molecular complexity index is 177. The fourth-order valence-corrected chi connectivity index (χ4v) is 1.94. The minimum absolute atomic E-state index is 0.176. The van der Waals surface area contributed by atoms with Crippen LogP contribution in [0, 0.1) is 5.92 Å². The molecule has 0 aromatic carbocycles. The SMILES string of the molecule is NCCC(=O)N1CCC(CCO)CC1. The van der Waals surface area contributed by atoms with Gasteiger partial charge in [0.25, 0.3) is 0 Å². The Morgan fingerprint density at radius 1 is 1.43 bits per heavy atom. The Hall–Kier alpha value is -0.610. The zero-order chi connectivity index (χ0) is 10.4. The maximum atomic E-state index is 11.5. The van der Waals surface area contributed by atoms with Crippen LogP contribution in [-0.4, -0.2) is 42.2 Å². The lowest BCUT2D eigenvalue weighted by Gasteiger charge is -2.31. The lowest BCUT2D eigenvalue weighted by molar-refractivity contribution is -0.132. The predicted octanol–water partition coefficient (Wildman–Crippen LogP) is -0.0438. The number of piperidine rings is 1. The topological polar surface area (TPSA) is 66.6 Å². The molecule has 0 aromatic heterocycles. The summed E-state index contributed by atoms with van der Waals surface area (Å²) in [5.74, 6) is 0.775. The third-order valence-corrected chi connectivity index (χ3v) is 2.86. The molecular formula is C10H20N2O2. The molecule has 3 N–H and O–H groups in total. The third-order valence-electron chi connectivity index (χ3n) is 2.86. The van der Waals surface area contributed by atoms with E-state index in [1.807, 2.05) is 4.90 Å². The van der Waals surface area contributed by atoms with E-state index in [1.165, 1.54) is 0 Å². The van der Waals surface area contributed by atoms with Crippen LogP contribution < -0.4 is 5.73 Å². The van der Waals surface area contributed by atoms with Gasteiger partial charge < -0.3 is 15.7 Å². The van der Waals surface area contributed by atoms with E-state index >= 15 is 0 Å². The van der Waals surface area contributed by atoms with Crippen molar-refractivity contribution in [1.29, 1.82) is 0 Å². The highest BCUT2D eigenvalue weighted by atomic mass is 16.3. The zero-order valence-corrected chi connectivity index (χ0v) is 8.61. The van der Waals surface area contributed by atoms with Gasteiger partial charge in [-0.2, -0.15) is 0 Å². The molecule has 14 heavy (non-hydrogen) atoms. The minimum atomic E-state index is 0.176. The molecule has 1 aliphatic rings. The number of rotatable bonds is 4. The molecule has 0 spiro atoms. The van der Waals surface area contributed by atoms with Gasteiger partial charge in [0, 0.05) is 32.7 Å². The van der Waals surface area contributed by atoms with Crippen molar-refractivity contribution in [3.63, 3.8) is 0 Å². The second kappa shape index (κ2) is 5.98. The standard InChI is InChI=1S/C10H20N2O2/c11-5-1-10(14)12-6-2-9(3-7-12)4-8-13/h9,13H,1-8,11H2. The molecule has 1 heterocycles. The number of amides is 1. The fourth-order valence-electron chi connectivity index (χ4n) is 1.94. The first-order valence-electron chi connectivity index (χ1n) is 5.36. The van der Waals surface area contributed by atoms with Crippen molar-refractivity contribution in [3.05, 3.63) is 0 Å². The molecule has 1 fully saturated rings. The van der Waals surface area contributed by atoms with Gasteiger partial charge in [0.15, 0.2) is 0 Å². The lowest BCUT2D eigenvalue weighted by atomic mass is 9.94. The Balaban J connectivity index is 2.24. The van der Waals surface area contributed by atoms with Crippen molar-refractivity contribution in [2.24, 2.45) is 11.7 Å². The van der Waals surface area contributed by atoms with E-state index in [-0.39, 0.29) is 12.5 Å². The predicted molar refractivity (Wildman–Crippen MR) is 54.7 cm³/mol. The summed E-state index contributed by atoms with van der Waals surface area (Å²) in [6.07, 6.45) is 3.39. The highest BCUT2D eigenvalue weighted by Crippen LogP contribution is 2.20. The number of aliphatic hydroxyl groups excluding tert-OH is 1. The minimum Gasteiger partial charge on any atom is -0.396 e. The molecule has 4 heteroatoms. The molecule has 0 aliphatic carbocycles. The molecule has 4 nitrogen and oxygen atoms in total. The van der Waals surface area contributed by atoms with Gasteiger partial charge in [0.1, 0.15) is 0 Å². The zero-order valence-electron chi connectivity index (χ0n) is 8.61. The van der Waals surface area contributed by atoms with Gasteiger partial charge in [0.05, 0.1) is 0 Å². The number of carbonyl (C=O) groups is 1. The first-order chi connectivity index (χ1) is 6.77. The van der Waals surface area contributed by atoms with Crippen LogP contribution in [-0.2, 0) is 4.79 Å². The molecule has 1 amide bonds. The Kier molecular flexibility index (Phi) is 4.90. The number of carbonyl (C=O) groups excluding carboxylic acids is 1. The Labute approximate surface area is 85.1 Å². The van der Waals surface area contributed by atoms with Gasteiger partial charge in [-0.3, -0.25) is 4.79 Å². The first-order valence-corrected chi connectivity index (χ1v) is 5.36. The van der Waals surface area contributed by atoms with E-state index in [0.29, 0.717) is 18.9 Å². The largest absolute Gasteiger partial charge is 0.396 e. The first kappa shape index (κ1) is 11.5. The van der Waals surface area contributed by atoms with E-state index in [4.69, 9.17) is 10.8 Å². The van der Waals surface area contributed by atoms with Crippen LogP contribution in [0.5, 0.6) is 0 Å². The van der Waals surface area contributed by atoms with Crippen LogP contribution in [0.15, 0.2) is 0 Å². The Morgan fingerprint density at radius 3 is 2.57 bits per heavy atom. The quantitative estimate of drug-likeness (QED) is 0.669. The molecule has 0 atom stereocenters. The fraction of sp³-hybridized carbons (Fsp3) is 0.900. The van der Waals surface area contributed by atoms with E-state index in [0.717, 1.165) is 32.4 Å². The van der Waals surface area contributed by atoms with Crippen LogP contribution in [0.4, 0.5) is 0 Å². The summed E-state index contributed by atoms with van der Waals surface area (Å²) in [5, 5.41) is 8.78. The molecule has 0 saturated carbocycles. The number of nitrogens with two attached hydrogens (primary N) is 1. The van der Waals surface area contributed by atoms with Crippen molar-refractivity contribution < 1.29 is 9.90 Å². The number of hydrogen-bond acceptors (Lipinski definition) is 3. The van der Waals surface area contributed by atoms with Gasteiger partial charge in [-0.1, -0.05) is 0 Å². The normalized spacial score (nSPS) is 18.6. The molecule has 1 saturated heterocycles. The average molecular weight is 200 g/mol. The maximum absolute atomic E-state index is 11.5. The summed E-state index contributed by atoms with van der Waals surface area (Å²) in [4.78, 5) is 13.3. The monoisotopic (exact) mass is 200 g/mol. The average Bonchev–Trinajstić information content (AvgIpc) is 2.20. The Morgan fingerprint density at radius 2 is 2.07 bits per heavy atom. The second-order valence-corrected chi connectivity index (χ2v) is 3.88. The van der Waals surface area contributed by atoms with E-state index in [2.05, 4.69) is 0 Å². The highest BCUT2D eigenvalue weighted by molar-refractivity contribution is 5.76. The van der Waals surface area contributed by atoms with Gasteiger partial charge in [-0.25, -0.2) is 0 Å². The number of aliphatic hydroxyl groups is 1. The van der Waals surface area contributed by atoms with Crippen molar-refractivity contribution in [2.45, 2.75) is 25.7 Å². The smallest absolute Gasteiger partial charge is 0.223 e. The van der Waals surface area contributed by atoms with Crippen LogP contribution in [0.25, 0.3) is 0 Å². The molecule has 0 bridgehead atoms. The van der Waals surface area contributed by atoms with Crippen LogP contribution >= 0.6 is 0 Å².